The number of halogens is 7. The van der Waals surface area contributed by atoms with Crippen LogP contribution < -0.4 is 0 Å². The van der Waals surface area contributed by atoms with Crippen LogP contribution in [0.4, 0.5) is 30.7 Å². The number of nitrogens with zero attached hydrogens (tertiary/aromatic N) is 6. The lowest BCUT2D eigenvalue weighted by Gasteiger charge is -2.44. The number of ether oxygens (including phenoxy) is 3. The van der Waals surface area contributed by atoms with E-state index in [-0.39, 0.29) is 85.8 Å². The molecule has 538 valence electrons. The van der Waals surface area contributed by atoms with Gasteiger partial charge in [-0.25, -0.2) is 4.39 Å². The predicted octanol–water partition coefficient (Wildman–Crippen LogP) is 14.7. The zero-order valence-corrected chi connectivity index (χ0v) is 58.5. The average molecular weight is 1400 g/mol. The molecule has 0 bridgehead atoms. The number of hydrogen-bond donors (Lipinski definition) is 0. The van der Waals surface area contributed by atoms with Crippen molar-refractivity contribution in [1.29, 1.82) is 0 Å². The molecule has 2 atom stereocenters. The smallest absolute Gasteiger partial charge is 0.416 e. The van der Waals surface area contributed by atoms with Crippen molar-refractivity contribution in [1.82, 2.24) is 29.4 Å². The summed E-state index contributed by atoms with van der Waals surface area (Å²) in [6.07, 6.45) is -1.64. The molecule has 3 fully saturated rings. The minimum Gasteiger partial charge on any atom is -0.462 e. The number of fused-ring (bicyclic) bond motifs is 2. The van der Waals surface area contributed by atoms with Crippen LogP contribution in [0.2, 0.25) is 0 Å². The SMILES string of the molecule is CCCN(C)C(=O)c1ccc(CCCc2ccc(C(=O)N(C)CCN3CCC(OC(=O)Cc4ccccc4-c4ccccc4)CC3)cc2)cc1.CCN(C)C(=O)CO[C@H]1Cc2ccccc2C12CCN(CC[C@@]1(c3ccc(F)cc3)CN(Cc3cc(C(F)(F)F)cc(C(F)(F)F)c3)CO1)CC2. The largest absolute Gasteiger partial charge is 0.462 e. The summed E-state index contributed by atoms with van der Waals surface area (Å²) in [6.45, 7) is 10.5. The Kier molecular flexibility index (Phi) is 25.5. The van der Waals surface area contributed by atoms with Crippen molar-refractivity contribution in [2.75, 3.05) is 99.9 Å². The van der Waals surface area contributed by atoms with E-state index in [1.165, 1.54) is 34.4 Å². The molecule has 3 amide bonds. The molecule has 0 radical (unpaired) electrons. The first-order chi connectivity index (χ1) is 48.4. The van der Waals surface area contributed by atoms with Crippen LogP contribution >= 0.6 is 0 Å². The molecule has 0 saturated carbocycles. The van der Waals surface area contributed by atoms with E-state index in [4.69, 9.17) is 14.2 Å². The first-order valence-electron chi connectivity index (χ1n) is 35.2. The van der Waals surface area contributed by atoms with Crippen molar-refractivity contribution in [2.45, 2.75) is 127 Å². The Morgan fingerprint density at radius 3 is 1.79 bits per heavy atom. The second-order valence-electron chi connectivity index (χ2n) is 27.4. The molecule has 7 aromatic rings. The van der Waals surface area contributed by atoms with Crippen molar-refractivity contribution in [3.05, 3.63) is 237 Å². The number of esters is 1. The van der Waals surface area contributed by atoms with E-state index in [0.29, 0.717) is 37.2 Å². The van der Waals surface area contributed by atoms with Gasteiger partial charge in [-0.05, 0) is 189 Å². The Balaban J connectivity index is 0.000000218. The molecule has 3 saturated heterocycles. The van der Waals surface area contributed by atoms with E-state index in [1.54, 1.807) is 38.8 Å². The van der Waals surface area contributed by atoms with Crippen LogP contribution in [0.3, 0.4) is 0 Å². The fourth-order valence-electron chi connectivity index (χ4n) is 14.5. The van der Waals surface area contributed by atoms with Crippen LogP contribution in [-0.2, 0) is 79.4 Å². The van der Waals surface area contributed by atoms with Gasteiger partial charge in [-0.2, -0.15) is 26.3 Å². The van der Waals surface area contributed by atoms with Gasteiger partial charge >= 0.3 is 18.3 Å². The van der Waals surface area contributed by atoms with Gasteiger partial charge in [0, 0.05) is 96.6 Å². The summed E-state index contributed by atoms with van der Waals surface area (Å²) in [5.74, 6) is -0.596. The van der Waals surface area contributed by atoms with Crippen LogP contribution in [-0.4, -0.2) is 165 Å². The summed E-state index contributed by atoms with van der Waals surface area (Å²) in [4.78, 5) is 62.6. The van der Waals surface area contributed by atoms with Crippen molar-refractivity contribution in [3.8, 4) is 11.1 Å². The number of piperidine rings is 2. The molecular formula is C81H93F7N6O7. The number of hydrogen-bond acceptors (Lipinski definition) is 10. The average Bonchev–Trinajstić information content (AvgIpc) is 1.61. The molecule has 101 heavy (non-hydrogen) atoms. The van der Waals surface area contributed by atoms with Crippen molar-refractivity contribution >= 4 is 23.7 Å². The van der Waals surface area contributed by atoms with E-state index < -0.39 is 34.9 Å². The quantitative estimate of drug-likeness (QED) is 0.0405. The van der Waals surface area contributed by atoms with Gasteiger partial charge in [0.25, 0.3) is 11.8 Å². The van der Waals surface area contributed by atoms with Gasteiger partial charge in [-0.15, -0.1) is 0 Å². The third kappa shape index (κ3) is 19.7. The molecule has 7 aromatic carbocycles. The lowest BCUT2D eigenvalue weighted by Crippen LogP contribution is -2.49. The number of benzene rings is 7. The second kappa shape index (κ2) is 34.1. The maximum absolute atomic E-state index is 14.0. The Morgan fingerprint density at radius 1 is 0.614 bits per heavy atom. The Bertz CT molecular complexity index is 3850. The number of rotatable bonds is 25. The molecular weight excluding hydrogens is 1300 g/mol. The van der Waals surface area contributed by atoms with Crippen molar-refractivity contribution in [2.24, 2.45) is 0 Å². The lowest BCUT2D eigenvalue weighted by molar-refractivity contribution is -0.150. The maximum atomic E-state index is 14.0. The van der Waals surface area contributed by atoms with Gasteiger partial charge in [0.15, 0.2) is 0 Å². The van der Waals surface area contributed by atoms with Gasteiger partial charge in [0.1, 0.15) is 30.9 Å². The Morgan fingerprint density at radius 2 is 1.19 bits per heavy atom. The minimum atomic E-state index is -4.95. The number of likely N-dealkylation sites (N-methyl/N-ethyl adjacent to an activating group) is 2. The molecule has 0 N–H and O–H groups in total. The number of amides is 3. The topological polar surface area (TPSA) is 115 Å². The standard InChI is InChI=1S/C43H51N3O4.C38H42F7N3O3/c1-4-27-44(2)42(48)36-21-17-33(18-22-36)11-10-12-34-19-23-37(24-20-34)43(49)45(3)30-31-46-28-25-39(26-29-46)50-41(47)32-38-15-8-9-16-40(38)35-13-6-5-7-14-35;1-3-46(2)34(49)23-50-33-20-27-6-4-5-7-32(27)35(33)12-15-47(16-13-35)17-14-36(28-8-10-31(39)11-9-28)24-48(25-51-36)22-26-18-29(37(40,41)42)21-30(19-26)38(43,44)45/h5-9,13-24,39H,4,10-12,25-32H2,1-3H3;4-11,18-19,21,33H,3,12-17,20,22-25H2,1-2H3/t;33-,36-/m.0/s1. The minimum absolute atomic E-state index is 0.0144. The fourth-order valence-corrected chi connectivity index (χ4v) is 14.5. The van der Waals surface area contributed by atoms with Gasteiger partial charge in [0.05, 0.1) is 23.7 Å². The van der Waals surface area contributed by atoms with Crippen LogP contribution in [0.5, 0.6) is 0 Å². The fraction of sp³-hybridized carbons (Fsp3) is 0.432. The molecule has 20 heteroatoms. The summed E-state index contributed by atoms with van der Waals surface area (Å²) >= 11 is 0. The second-order valence-corrected chi connectivity index (χ2v) is 27.4. The molecule has 0 unspecified atom stereocenters. The highest BCUT2D eigenvalue weighted by Gasteiger charge is 2.50. The summed E-state index contributed by atoms with van der Waals surface area (Å²) in [7, 11) is 5.46. The van der Waals surface area contributed by atoms with E-state index in [1.807, 2.05) is 93.8 Å². The first-order valence-corrected chi connectivity index (χ1v) is 35.2. The first kappa shape index (κ1) is 75.4. The third-order valence-electron chi connectivity index (χ3n) is 20.5. The number of likely N-dealkylation sites (tertiary alicyclic amines) is 2. The van der Waals surface area contributed by atoms with Crippen LogP contribution in [0, 0.1) is 5.82 Å². The molecule has 0 aromatic heterocycles. The highest BCUT2D eigenvalue weighted by atomic mass is 19.4. The number of carbonyl (C=O) groups is 4. The van der Waals surface area contributed by atoms with Crippen molar-refractivity contribution < 1.29 is 64.1 Å². The van der Waals surface area contributed by atoms with Crippen LogP contribution in [0.1, 0.15) is 130 Å². The van der Waals surface area contributed by atoms with Gasteiger partial charge in [0.2, 0.25) is 5.91 Å². The molecule has 11 rings (SSSR count). The highest BCUT2D eigenvalue weighted by molar-refractivity contribution is 5.94. The summed E-state index contributed by atoms with van der Waals surface area (Å²) < 4.78 is 114. The molecule has 13 nitrogen and oxygen atoms in total. The Hall–Kier alpha value is -8.27. The summed E-state index contributed by atoms with van der Waals surface area (Å²) in [5, 5.41) is 0. The number of aryl methyl sites for hydroxylation is 2. The van der Waals surface area contributed by atoms with Crippen LogP contribution in [0.15, 0.2) is 170 Å². The maximum Gasteiger partial charge on any atom is 0.416 e. The highest BCUT2D eigenvalue weighted by Crippen LogP contribution is 2.48. The normalized spacial score (nSPS) is 18.0. The molecule has 1 aliphatic carbocycles. The monoisotopic (exact) mass is 1390 g/mol. The van der Waals surface area contributed by atoms with E-state index in [2.05, 4.69) is 71.3 Å². The molecule has 1 spiro atoms. The number of carbonyl (C=O) groups excluding carboxylic acids is 4. The van der Waals surface area contributed by atoms with Gasteiger partial charge in [-0.3, -0.25) is 24.1 Å². The lowest BCUT2D eigenvalue weighted by atomic mass is 9.72. The van der Waals surface area contributed by atoms with E-state index in [9.17, 15) is 49.9 Å². The summed E-state index contributed by atoms with van der Waals surface area (Å²) in [5.41, 5.74) is 6.10. The summed E-state index contributed by atoms with van der Waals surface area (Å²) in [6, 6.07) is 49.9. The Labute approximate surface area is 589 Å². The van der Waals surface area contributed by atoms with Crippen molar-refractivity contribution in [3.63, 3.8) is 0 Å². The van der Waals surface area contributed by atoms with Gasteiger partial charge in [-0.1, -0.05) is 122 Å². The molecule has 4 aliphatic rings. The molecule has 3 heterocycles. The zero-order valence-electron chi connectivity index (χ0n) is 58.5. The van der Waals surface area contributed by atoms with E-state index in [0.717, 1.165) is 131 Å². The third-order valence-corrected chi connectivity index (χ3v) is 20.5. The number of alkyl halides is 6. The molecule has 3 aliphatic heterocycles. The van der Waals surface area contributed by atoms with E-state index >= 15 is 0 Å². The van der Waals surface area contributed by atoms with Gasteiger partial charge < -0.3 is 38.7 Å². The van der Waals surface area contributed by atoms with Crippen LogP contribution in [0.25, 0.3) is 11.1 Å². The zero-order chi connectivity index (χ0) is 71.9. The predicted molar refractivity (Wildman–Crippen MR) is 376 cm³/mol.